The summed E-state index contributed by atoms with van der Waals surface area (Å²) in [5, 5.41) is 12.8. The summed E-state index contributed by atoms with van der Waals surface area (Å²) in [6, 6.07) is 14.1. The van der Waals surface area contributed by atoms with Gasteiger partial charge in [0.25, 0.3) is 5.89 Å². The van der Waals surface area contributed by atoms with Crippen molar-refractivity contribution in [1.29, 1.82) is 0 Å². The van der Waals surface area contributed by atoms with Crippen molar-refractivity contribution in [3.05, 3.63) is 77.6 Å². The molecule has 35 heavy (non-hydrogen) atoms. The molecule has 0 aliphatic carbocycles. The highest BCUT2D eigenvalue weighted by molar-refractivity contribution is 5.74. The monoisotopic (exact) mass is 482 g/mol. The fraction of sp³-hybridized carbons (Fsp3) is 0.200. The highest BCUT2D eigenvalue weighted by Gasteiger charge is 2.34. The van der Waals surface area contributed by atoms with E-state index in [1.807, 2.05) is 0 Å². The fourth-order valence-electron chi connectivity index (χ4n) is 3.75. The van der Waals surface area contributed by atoms with Gasteiger partial charge in [0, 0.05) is 23.9 Å². The third kappa shape index (κ3) is 5.55. The quantitative estimate of drug-likeness (QED) is 0.382. The second-order valence-electron chi connectivity index (χ2n) is 8.10. The summed E-state index contributed by atoms with van der Waals surface area (Å²) in [6.07, 6.45) is -3.06. The third-order valence-electron chi connectivity index (χ3n) is 5.35. The van der Waals surface area contributed by atoms with Crippen LogP contribution in [0.4, 0.5) is 13.2 Å². The van der Waals surface area contributed by atoms with Gasteiger partial charge in [0.15, 0.2) is 0 Å². The lowest BCUT2D eigenvalue weighted by atomic mass is 9.94. The molecule has 0 radical (unpaired) electrons. The first-order chi connectivity index (χ1) is 16.6. The van der Waals surface area contributed by atoms with Crippen LogP contribution < -0.4 is 0 Å². The van der Waals surface area contributed by atoms with Crippen LogP contribution in [0.3, 0.4) is 0 Å². The van der Waals surface area contributed by atoms with Crippen molar-refractivity contribution < 1.29 is 27.6 Å². The van der Waals surface area contributed by atoms with Gasteiger partial charge in [-0.2, -0.15) is 18.2 Å². The summed E-state index contributed by atoms with van der Waals surface area (Å²) in [6.45, 7) is 1.88. The second-order valence-corrected chi connectivity index (χ2v) is 8.10. The second kappa shape index (κ2) is 9.67. The van der Waals surface area contributed by atoms with Crippen LogP contribution in [0.25, 0.3) is 34.0 Å². The first kappa shape index (κ1) is 24.1. The molecule has 0 aliphatic heterocycles. The number of halogens is 3. The number of likely N-dealkylation sites (N-methyl/N-ethyl adjacent to an activating group) is 1. The lowest BCUT2D eigenvalue weighted by molar-refractivity contribution is -0.138. The molecule has 10 heteroatoms. The number of hydrogen-bond donors (Lipinski definition) is 1. The maximum absolute atomic E-state index is 13.9. The number of aliphatic carboxylic acids is 1. The lowest BCUT2D eigenvalue weighted by Gasteiger charge is -2.15. The first-order valence-electron chi connectivity index (χ1n) is 10.6. The van der Waals surface area contributed by atoms with Gasteiger partial charge in [-0.15, -0.1) is 0 Å². The van der Waals surface area contributed by atoms with Crippen molar-refractivity contribution in [2.45, 2.75) is 19.6 Å². The average Bonchev–Trinajstić information content (AvgIpc) is 3.28. The summed E-state index contributed by atoms with van der Waals surface area (Å²) >= 11 is 0. The molecule has 2 aromatic heterocycles. The Balaban J connectivity index is 1.66. The standard InChI is InChI=1S/C25H21F3N4O3/c1-15-5-3-4-6-19(15)20-8-7-17(12-21(20)25(26,27)28)24-30-23(31-35-24)16-9-10-29-18(11-16)13-32(2)14-22(33)34/h3-12H,13-14H2,1-2H3,(H,33,34). The van der Waals surface area contributed by atoms with Crippen molar-refractivity contribution in [3.63, 3.8) is 0 Å². The predicted molar refractivity (Wildman–Crippen MR) is 122 cm³/mol. The van der Waals surface area contributed by atoms with Gasteiger partial charge in [0.05, 0.1) is 17.8 Å². The van der Waals surface area contributed by atoms with Crippen LogP contribution in [-0.2, 0) is 17.5 Å². The molecule has 180 valence electrons. The van der Waals surface area contributed by atoms with Crippen molar-refractivity contribution in [2.24, 2.45) is 0 Å². The smallest absolute Gasteiger partial charge is 0.417 e. The predicted octanol–water partition coefficient (Wildman–Crippen LogP) is 5.31. The maximum atomic E-state index is 13.9. The molecule has 0 atom stereocenters. The van der Waals surface area contributed by atoms with E-state index in [-0.39, 0.29) is 35.9 Å². The Kier molecular flexibility index (Phi) is 6.65. The number of carboxylic acids is 1. The minimum absolute atomic E-state index is 0.0526. The molecule has 0 spiro atoms. The van der Waals surface area contributed by atoms with E-state index in [0.29, 0.717) is 16.8 Å². The highest BCUT2D eigenvalue weighted by Crippen LogP contribution is 2.40. The van der Waals surface area contributed by atoms with Crippen LogP contribution in [0.15, 0.2) is 65.3 Å². The molecule has 2 aromatic carbocycles. The Hall–Kier alpha value is -4.05. The number of aromatic nitrogens is 3. The lowest BCUT2D eigenvalue weighted by Crippen LogP contribution is -2.25. The number of rotatable bonds is 7. The number of nitrogens with zero attached hydrogens (tertiary/aromatic N) is 4. The van der Waals surface area contributed by atoms with Gasteiger partial charge in [0.2, 0.25) is 5.82 Å². The van der Waals surface area contributed by atoms with E-state index in [1.54, 1.807) is 55.3 Å². The number of hydrogen-bond acceptors (Lipinski definition) is 6. The van der Waals surface area contributed by atoms with E-state index in [1.165, 1.54) is 18.3 Å². The zero-order valence-corrected chi connectivity index (χ0v) is 18.9. The summed E-state index contributed by atoms with van der Waals surface area (Å²) in [4.78, 5) is 20.9. The Morgan fingerprint density at radius 3 is 2.54 bits per heavy atom. The summed E-state index contributed by atoms with van der Waals surface area (Å²) in [5.41, 5.74) is 1.77. The molecule has 0 fully saturated rings. The Bertz CT molecular complexity index is 1370. The van der Waals surface area contributed by atoms with Crippen molar-refractivity contribution in [1.82, 2.24) is 20.0 Å². The molecule has 1 N–H and O–H groups in total. The molecular weight excluding hydrogens is 461 g/mol. The molecule has 0 aliphatic rings. The number of alkyl halides is 3. The summed E-state index contributed by atoms with van der Waals surface area (Å²) in [7, 11) is 1.65. The Labute approximate surface area is 198 Å². The normalized spacial score (nSPS) is 11.7. The molecule has 0 saturated heterocycles. The SMILES string of the molecule is Cc1ccccc1-c1ccc(-c2nc(-c3ccnc(CN(C)CC(=O)O)c3)no2)cc1C(F)(F)F. The number of carboxylic acid groups (broad SMARTS) is 1. The largest absolute Gasteiger partial charge is 0.480 e. The molecule has 2 heterocycles. The Morgan fingerprint density at radius 1 is 1.06 bits per heavy atom. The summed E-state index contributed by atoms with van der Waals surface area (Å²) < 4.78 is 47.1. The van der Waals surface area contributed by atoms with Gasteiger partial charge in [-0.25, -0.2) is 0 Å². The van der Waals surface area contributed by atoms with Gasteiger partial charge >= 0.3 is 12.1 Å². The third-order valence-corrected chi connectivity index (χ3v) is 5.35. The van der Waals surface area contributed by atoms with E-state index < -0.39 is 17.7 Å². The number of pyridine rings is 1. The van der Waals surface area contributed by atoms with Gasteiger partial charge in [-0.05, 0) is 54.9 Å². The molecule has 7 nitrogen and oxygen atoms in total. The molecular formula is C25H21F3N4O3. The van der Waals surface area contributed by atoms with Crippen molar-refractivity contribution in [2.75, 3.05) is 13.6 Å². The van der Waals surface area contributed by atoms with Gasteiger partial charge < -0.3 is 9.63 Å². The van der Waals surface area contributed by atoms with E-state index in [9.17, 15) is 18.0 Å². The maximum Gasteiger partial charge on any atom is 0.417 e. The van der Waals surface area contributed by atoms with Gasteiger partial charge in [-0.1, -0.05) is 35.5 Å². The van der Waals surface area contributed by atoms with E-state index in [0.717, 1.165) is 11.6 Å². The average molecular weight is 482 g/mol. The van der Waals surface area contributed by atoms with Crippen LogP contribution in [0.1, 0.15) is 16.8 Å². The molecule has 0 amide bonds. The first-order valence-corrected chi connectivity index (χ1v) is 10.6. The molecule has 0 saturated carbocycles. The molecule has 4 aromatic rings. The number of aryl methyl sites for hydroxylation is 1. The van der Waals surface area contributed by atoms with Crippen molar-refractivity contribution in [3.8, 4) is 34.0 Å². The van der Waals surface area contributed by atoms with E-state index in [4.69, 9.17) is 9.63 Å². The molecule has 0 unspecified atom stereocenters. The van der Waals surface area contributed by atoms with Crippen LogP contribution in [0.2, 0.25) is 0 Å². The van der Waals surface area contributed by atoms with E-state index >= 15 is 0 Å². The van der Waals surface area contributed by atoms with Crippen LogP contribution in [-0.4, -0.2) is 44.7 Å². The Morgan fingerprint density at radius 2 is 1.83 bits per heavy atom. The topological polar surface area (TPSA) is 92.4 Å². The number of benzene rings is 2. The molecule has 4 rings (SSSR count). The van der Waals surface area contributed by atoms with Crippen LogP contribution in [0.5, 0.6) is 0 Å². The zero-order chi connectivity index (χ0) is 25.2. The highest BCUT2D eigenvalue weighted by atomic mass is 19.4. The minimum atomic E-state index is -4.58. The summed E-state index contributed by atoms with van der Waals surface area (Å²) in [5.74, 6) is -0.831. The van der Waals surface area contributed by atoms with Gasteiger partial charge in [-0.3, -0.25) is 14.7 Å². The zero-order valence-electron chi connectivity index (χ0n) is 18.9. The number of carbonyl (C=O) groups is 1. The van der Waals surface area contributed by atoms with Crippen LogP contribution in [0, 0.1) is 6.92 Å². The fourth-order valence-corrected chi connectivity index (χ4v) is 3.75. The minimum Gasteiger partial charge on any atom is -0.480 e. The van der Waals surface area contributed by atoms with Crippen molar-refractivity contribution >= 4 is 5.97 Å². The van der Waals surface area contributed by atoms with Gasteiger partial charge in [0.1, 0.15) is 0 Å². The van der Waals surface area contributed by atoms with Crippen LogP contribution >= 0.6 is 0 Å². The van der Waals surface area contributed by atoms with E-state index in [2.05, 4.69) is 15.1 Å². The molecule has 0 bridgehead atoms.